The number of benzene rings is 7. The summed E-state index contributed by atoms with van der Waals surface area (Å²) in [5.41, 5.74) is 16.4. The molecule has 0 aliphatic rings. The van der Waals surface area contributed by atoms with E-state index in [1.807, 2.05) is 152 Å². The van der Waals surface area contributed by atoms with Gasteiger partial charge in [-0.2, -0.15) is 0 Å². The van der Waals surface area contributed by atoms with Crippen molar-refractivity contribution in [1.82, 2.24) is 15.0 Å². The number of anilines is 1. The monoisotopic (exact) mass is 725 g/mol. The van der Waals surface area contributed by atoms with Crippen molar-refractivity contribution in [2.24, 2.45) is 0 Å². The maximum absolute atomic E-state index is 8.45. The minimum absolute atomic E-state index is 0.295. The number of fused-ring (bicyclic) bond motifs is 4. The Kier molecular flexibility index (Phi) is 8.93. The molecule has 0 radical (unpaired) electrons. The molecule has 7 nitrogen and oxygen atoms in total. The van der Waals surface area contributed by atoms with Crippen molar-refractivity contribution < 1.29 is 8.83 Å². The fraction of sp³-hybridized carbons (Fsp3) is 0.0204. The molecule has 0 saturated heterocycles. The first-order valence-corrected chi connectivity index (χ1v) is 18.3. The second-order valence-corrected chi connectivity index (χ2v) is 13.4. The van der Waals surface area contributed by atoms with Crippen LogP contribution in [0.2, 0.25) is 0 Å². The second-order valence-electron chi connectivity index (χ2n) is 13.4. The zero-order valence-electron chi connectivity index (χ0n) is 30.5. The second kappa shape index (κ2) is 14.6. The van der Waals surface area contributed by atoms with Crippen molar-refractivity contribution in [3.8, 4) is 45.3 Å². The fourth-order valence-corrected chi connectivity index (χ4v) is 7.00. The highest BCUT2D eigenvalue weighted by molar-refractivity contribution is 6.16. The number of para-hydroxylation sites is 1. The zero-order valence-corrected chi connectivity index (χ0v) is 30.5. The molecule has 0 aliphatic carbocycles. The van der Waals surface area contributed by atoms with E-state index in [0.29, 0.717) is 40.2 Å². The lowest BCUT2D eigenvalue weighted by Gasteiger charge is -2.09. The Morgan fingerprint density at radius 1 is 0.464 bits per heavy atom. The predicted octanol–water partition coefficient (Wildman–Crippen LogP) is 12.2. The van der Waals surface area contributed by atoms with Gasteiger partial charge in [-0.05, 0) is 47.9 Å². The average molecular weight is 726 g/mol. The number of furan rings is 2. The number of nitrogen functional groups attached to an aromatic ring is 1. The van der Waals surface area contributed by atoms with Gasteiger partial charge in [0.25, 0.3) is 0 Å². The number of hydrogen-bond donors (Lipinski definition) is 2. The summed E-state index contributed by atoms with van der Waals surface area (Å²) < 4.78 is 11.9. The molecular weight excluding hydrogens is 691 g/mol. The van der Waals surface area contributed by atoms with Crippen LogP contribution in [0, 0.1) is 12.3 Å². The summed E-state index contributed by atoms with van der Waals surface area (Å²) in [7, 11) is 0. The molecule has 0 spiro atoms. The molecule has 268 valence electrons. The molecule has 3 aromatic heterocycles. The van der Waals surface area contributed by atoms with Crippen molar-refractivity contribution in [1.29, 1.82) is 5.41 Å². The lowest BCUT2D eigenvalue weighted by atomic mass is 10.0. The standard InChI is InChI=1S/C28H19N3O.C21H16N2O/c1-18-10-8-16-22-24(18)25-21(15-9-17-23(25)32-22)28-30-26(19-11-4-2-5-12-19)29-27(31-28)20-13-6-3-7-14-20;22-19(21-20(23)17-8-4-5-9-18(17)24-21)16-12-10-15(11-13-16)14-6-2-1-3-7-14/h2-17H,1H3;1-13,22H,23H2. The van der Waals surface area contributed by atoms with Crippen LogP contribution in [0.4, 0.5) is 5.69 Å². The highest BCUT2D eigenvalue weighted by Gasteiger charge is 2.19. The van der Waals surface area contributed by atoms with E-state index >= 15 is 0 Å². The minimum atomic E-state index is 0.295. The van der Waals surface area contributed by atoms with Crippen molar-refractivity contribution in [2.75, 3.05) is 5.73 Å². The maximum Gasteiger partial charge on any atom is 0.176 e. The Hall–Kier alpha value is -7.64. The summed E-state index contributed by atoms with van der Waals surface area (Å²) in [5.74, 6) is 2.35. The summed E-state index contributed by atoms with van der Waals surface area (Å²) >= 11 is 0. The van der Waals surface area contributed by atoms with E-state index < -0.39 is 0 Å². The first-order valence-electron chi connectivity index (χ1n) is 18.3. The van der Waals surface area contributed by atoms with E-state index in [-0.39, 0.29) is 0 Å². The van der Waals surface area contributed by atoms with Crippen molar-refractivity contribution in [2.45, 2.75) is 6.92 Å². The van der Waals surface area contributed by atoms with Gasteiger partial charge in [0.2, 0.25) is 0 Å². The predicted molar refractivity (Wildman–Crippen MR) is 227 cm³/mol. The van der Waals surface area contributed by atoms with Crippen LogP contribution in [0.25, 0.3) is 78.2 Å². The number of nitrogens with two attached hydrogens (primary N) is 1. The molecule has 7 heteroatoms. The number of rotatable bonds is 6. The Labute approximate surface area is 323 Å². The highest BCUT2D eigenvalue weighted by Crippen LogP contribution is 2.38. The summed E-state index contributed by atoms with van der Waals surface area (Å²) in [6.07, 6.45) is 0. The average Bonchev–Trinajstić information content (AvgIpc) is 3.83. The van der Waals surface area contributed by atoms with Gasteiger partial charge < -0.3 is 14.6 Å². The molecule has 0 unspecified atom stereocenters. The third-order valence-electron chi connectivity index (χ3n) is 9.81. The van der Waals surface area contributed by atoms with E-state index in [9.17, 15) is 0 Å². The molecule has 0 saturated carbocycles. The lowest BCUT2D eigenvalue weighted by Crippen LogP contribution is -2.03. The Bertz CT molecular complexity index is 2930. The smallest absolute Gasteiger partial charge is 0.176 e. The molecule has 0 amide bonds. The van der Waals surface area contributed by atoms with Crippen LogP contribution in [0.3, 0.4) is 0 Å². The molecule has 56 heavy (non-hydrogen) atoms. The summed E-state index contributed by atoms with van der Waals surface area (Å²) in [6.45, 7) is 2.10. The van der Waals surface area contributed by atoms with Gasteiger partial charge >= 0.3 is 0 Å². The molecule has 10 aromatic rings. The molecular formula is C49H35N5O2. The largest absolute Gasteiger partial charge is 0.456 e. The molecule has 0 fully saturated rings. The van der Waals surface area contributed by atoms with Gasteiger partial charge in [-0.1, -0.05) is 152 Å². The quantitative estimate of drug-likeness (QED) is 0.165. The van der Waals surface area contributed by atoms with Crippen LogP contribution < -0.4 is 5.73 Å². The van der Waals surface area contributed by atoms with Gasteiger partial charge in [-0.15, -0.1) is 0 Å². The Morgan fingerprint density at radius 2 is 0.964 bits per heavy atom. The van der Waals surface area contributed by atoms with Gasteiger partial charge in [-0.25, -0.2) is 15.0 Å². The third kappa shape index (κ3) is 6.48. The lowest BCUT2D eigenvalue weighted by molar-refractivity contribution is 0.606. The molecule has 10 rings (SSSR count). The van der Waals surface area contributed by atoms with Gasteiger partial charge in [0, 0.05) is 38.4 Å². The number of hydrogen-bond acceptors (Lipinski definition) is 7. The Balaban J connectivity index is 0.000000153. The first kappa shape index (κ1) is 34.1. The van der Waals surface area contributed by atoms with Crippen LogP contribution in [0.15, 0.2) is 185 Å². The minimum Gasteiger partial charge on any atom is -0.456 e. The van der Waals surface area contributed by atoms with E-state index in [1.165, 1.54) is 0 Å². The van der Waals surface area contributed by atoms with Crippen molar-refractivity contribution in [3.05, 3.63) is 193 Å². The van der Waals surface area contributed by atoms with Crippen molar-refractivity contribution in [3.63, 3.8) is 0 Å². The number of aromatic nitrogens is 3. The molecule has 3 heterocycles. The zero-order chi connectivity index (χ0) is 38.0. The number of aryl methyl sites for hydroxylation is 1. The normalized spacial score (nSPS) is 11.1. The molecule has 0 aliphatic heterocycles. The molecule has 0 bridgehead atoms. The summed E-state index contributed by atoms with van der Waals surface area (Å²) in [4.78, 5) is 14.6. The third-order valence-corrected chi connectivity index (χ3v) is 9.81. The number of nitrogens with one attached hydrogen (secondary N) is 1. The Morgan fingerprint density at radius 3 is 1.59 bits per heavy atom. The summed E-state index contributed by atoms with van der Waals surface area (Å²) in [6, 6.07) is 57.8. The van der Waals surface area contributed by atoms with E-state index in [0.717, 1.165) is 66.3 Å². The van der Waals surface area contributed by atoms with E-state index in [1.54, 1.807) is 0 Å². The van der Waals surface area contributed by atoms with Gasteiger partial charge in [0.05, 0.1) is 5.69 Å². The number of nitrogens with zero attached hydrogens (tertiary/aromatic N) is 3. The SMILES string of the molecule is Cc1cccc2oc3cccc(-c4nc(-c5ccccc5)nc(-c5ccccc5)n4)c3c12.N=C(c1ccc(-c2ccccc2)cc1)c1oc2ccccc2c1N. The van der Waals surface area contributed by atoms with Crippen LogP contribution >= 0.6 is 0 Å². The van der Waals surface area contributed by atoms with Crippen LogP contribution in [0.5, 0.6) is 0 Å². The fourth-order valence-electron chi connectivity index (χ4n) is 7.00. The van der Waals surface area contributed by atoms with Crippen molar-refractivity contribution >= 4 is 44.3 Å². The first-order chi connectivity index (χ1) is 27.5. The molecule has 3 N–H and O–H groups in total. The molecule has 0 atom stereocenters. The van der Waals surface area contributed by atoms with Gasteiger partial charge in [-0.3, -0.25) is 5.41 Å². The maximum atomic E-state index is 8.45. The van der Waals surface area contributed by atoms with Crippen LogP contribution in [-0.2, 0) is 0 Å². The molecule has 7 aromatic carbocycles. The van der Waals surface area contributed by atoms with Gasteiger partial charge in [0.15, 0.2) is 23.2 Å². The highest BCUT2D eigenvalue weighted by atomic mass is 16.3. The van der Waals surface area contributed by atoms with Crippen LogP contribution in [0.1, 0.15) is 16.9 Å². The van der Waals surface area contributed by atoms with Gasteiger partial charge in [0.1, 0.15) is 22.5 Å². The summed E-state index contributed by atoms with van der Waals surface area (Å²) in [5, 5.41) is 11.4. The topological polar surface area (TPSA) is 115 Å². The van der Waals surface area contributed by atoms with E-state index in [4.69, 9.17) is 34.9 Å². The van der Waals surface area contributed by atoms with Crippen LogP contribution in [-0.4, -0.2) is 20.7 Å². The van der Waals surface area contributed by atoms with E-state index in [2.05, 4.69) is 31.2 Å².